The Bertz CT molecular complexity index is 1460. The summed E-state index contributed by atoms with van der Waals surface area (Å²) < 4.78 is 0. The number of H-pyrrole nitrogens is 2. The van der Waals surface area contributed by atoms with Gasteiger partial charge in [-0.25, -0.2) is 9.97 Å². The van der Waals surface area contributed by atoms with Crippen LogP contribution in [0.25, 0.3) is 44.7 Å². The van der Waals surface area contributed by atoms with Gasteiger partial charge in [0.2, 0.25) is 5.43 Å². The number of aromatic nitrogens is 6. The Morgan fingerprint density at radius 2 is 1.71 bits per heavy atom. The average molecular weight is 365 g/mol. The van der Waals surface area contributed by atoms with E-state index < -0.39 is 0 Å². The van der Waals surface area contributed by atoms with Crippen LogP contribution in [-0.2, 0) is 0 Å². The molecule has 5 aromatic rings. The molecule has 0 amide bonds. The maximum absolute atomic E-state index is 12.3. The molecule has 0 spiro atoms. The maximum Gasteiger partial charge on any atom is 0.209 e. The predicted molar refractivity (Wildman–Crippen MR) is 103 cm³/mol. The van der Waals surface area contributed by atoms with Gasteiger partial charge in [0, 0.05) is 23.4 Å². The highest BCUT2D eigenvalue weighted by molar-refractivity contribution is 5.88. The first kappa shape index (κ1) is 15.8. The van der Waals surface area contributed by atoms with Crippen molar-refractivity contribution in [1.29, 1.82) is 5.26 Å². The Morgan fingerprint density at radius 1 is 0.893 bits per heavy atom. The number of nitriles is 1. The van der Waals surface area contributed by atoms with Gasteiger partial charge in [-0.3, -0.25) is 4.79 Å². The van der Waals surface area contributed by atoms with Crippen molar-refractivity contribution < 1.29 is 0 Å². The van der Waals surface area contributed by atoms with Gasteiger partial charge in [-0.1, -0.05) is 18.2 Å². The van der Waals surface area contributed by atoms with Crippen LogP contribution in [0, 0.1) is 11.3 Å². The quantitative estimate of drug-likeness (QED) is 0.496. The van der Waals surface area contributed by atoms with Crippen molar-refractivity contribution in [2.45, 2.75) is 0 Å². The van der Waals surface area contributed by atoms with Gasteiger partial charge in [-0.05, 0) is 24.3 Å². The van der Waals surface area contributed by atoms with Crippen LogP contribution in [0.1, 0.15) is 5.56 Å². The summed E-state index contributed by atoms with van der Waals surface area (Å²) >= 11 is 0. The number of hydrogen-bond donors (Lipinski definition) is 2. The number of benzene rings is 2. The molecule has 3 aromatic heterocycles. The molecular weight excluding hydrogens is 354 g/mol. The van der Waals surface area contributed by atoms with Gasteiger partial charge in [-0.15, -0.1) is 0 Å². The number of nitrogens with zero attached hydrogens (tertiary/aromatic N) is 5. The SMILES string of the molecule is N#Cc1cccc(-c2nc3[nH]ccc(=O)c3nc2-c2ccc3n[nH]nc3c2)c1. The summed E-state index contributed by atoms with van der Waals surface area (Å²) in [4.78, 5) is 24.5. The molecule has 0 unspecified atom stereocenters. The lowest BCUT2D eigenvalue weighted by molar-refractivity contribution is 0.959. The molecule has 0 fully saturated rings. The molecule has 3 heterocycles. The van der Waals surface area contributed by atoms with Crippen LogP contribution in [0.3, 0.4) is 0 Å². The molecule has 8 heteroatoms. The molecule has 0 bridgehead atoms. The van der Waals surface area contributed by atoms with Crippen LogP contribution in [0.5, 0.6) is 0 Å². The van der Waals surface area contributed by atoms with Gasteiger partial charge in [0.15, 0.2) is 11.2 Å². The molecule has 0 saturated heterocycles. The molecule has 0 atom stereocenters. The molecule has 0 aliphatic heterocycles. The van der Waals surface area contributed by atoms with E-state index in [2.05, 4.69) is 36.4 Å². The number of fused-ring (bicyclic) bond motifs is 2. The Hall–Kier alpha value is -4.38. The Kier molecular flexibility index (Phi) is 3.45. The van der Waals surface area contributed by atoms with Crippen LogP contribution in [-0.4, -0.2) is 30.4 Å². The summed E-state index contributed by atoms with van der Waals surface area (Å²) in [7, 11) is 0. The van der Waals surface area contributed by atoms with E-state index in [9.17, 15) is 10.1 Å². The zero-order chi connectivity index (χ0) is 19.1. The number of aromatic amines is 2. The molecule has 8 nitrogen and oxygen atoms in total. The van der Waals surface area contributed by atoms with Gasteiger partial charge >= 0.3 is 0 Å². The van der Waals surface area contributed by atoms with Crippen LogP contribution >= 0.6 is 0 Å². The Morgan fingerprint density at radius 3 is 2.61 bits per heavy atom. The Labute approximate surface area is 157 Å². The largest absolute Gasteiger partial charge is 0.345 e. The molecule has 0 aliphatic carbocycles. The lowest BCUT2D eigenvalue weighted by Crippen LogP contribution is -2.06. The van der Waals surface area contributed by atoms with E-state index in [1.54, 1.807) is 18.2 Å². The van der Waals surface area contributed by atoms with Crippen LogP contribution in [0.4, 0.5) is 0 Å². The minimum absolute atomic E-state index is 0.220. The topological polar surface area (TPSA) is 124 Å². The lowest BCUT2D eigenvalue weighted by Gasteiger charge is -2.10. The van der Waals surface area contributed by atoms with Gasteiger partial charge in [0.1, 0.15) is 11.0 Å². The molecule has 0 saturated carbocycles. The number of pyridine rings is 1. The first-order valence-corrected chi connectivity index (χ1v) is 8.44. The summed E-state index contributed by atoms with van der Waals surface area (Å²) in [6, 6.07) is 16.2. The van der Waals surface area contributed by atoms with Crippen molar-refractivity contribution in [3.63, 3.8) is 0 Å². The van der Waals surface area contributed by atoms with E-state index >= 15 is 0 Å². The molecule has 28 heavy (non-hydrogen) atoms. The molecule has 0 aliphatic rings. The molecule has 2 aromatic carbocycles. The van der Waals surface area contributed by atoms with Crippen molar-refractivity contribution in [3.8, 4) is 28.6 Å². The van der Waals surface area contributed by atoms with Crippen molar-refractivity contribution in [2.24, 2.45) is 0 Å². The summed E-state index contributed by atoms with van der Waals surface area (Å²) in [6.45, 7) is 0. The van der Waals surface area contributed by atoms with E-state index in [1.165, 1.54) is 12.3 Å². The highest BCUT2D eigenvalue weighted by atomic mass is 16.1. The summed E-state index contributed by atoms with van der Waals surface area (Å²) in [5.41, 5.74) is 4.90. The second kappa shape index (κ2) is 6.10. The highest BCUT2D eigenvalue weighted by Crippen LogP contribution is 2.31. The second-order valence-electron chi connectivity index (χ2n) is 6.18. The van der Waals surface area contributed by atoms with Crippen molar-refractivity contribution in [2.75, 3.05) is 0 Å². The van der Waals surface area contributed by atoms with E-state index in [0.29, 0.717) is 28.1 Å². The average Bonchev–Trinajstić information content (AvgIpc) is 3.21. The fraction of sp³-hybridized carbons (Fsp3) is 0. The first-order chi connectivity index (χ1) is 13.7. The minimum Gasteiger partial charge on any atom is -0.345 e. The van der Waals surface area contributed by atoms with Crippen LogP contribution in [0.2, 0.25) is 0 Å². The third kappa shape index (κ3) is 2.50. The third-order valence-corrected chi connectivity index (χ3v) is 4.44. The standard InChI is InChI=1S/C20H11N7O/c21-10-11-2-1-3-12(8-11)18-17(13-4-5-14-15(9-13)26-27-25-14)23-19-16(28)6-7-22-20(19)24-18/h1-9H,(H,22,24,28)(H,25,26,27). The van der Waals surface area contributed by atoms with Crippen LogP contribution in [0.15, 0.2) is 59.5 Å². The number of nitrogens with one attached hydrogen (secondary N) is 2. The molecule has 5 rings (SSSR count). The Balaban J connectivity index is 1.85. The van der Waals surface area contributed by atoms with E-state index in [1.807, 2.05) is 24.3 Å². The van der Waals surface area contributed by atoms with Crippen LogP contribution < -0.4 is 5.43 Å². The summed E-state index contributed by atoms with van der Waals surface area (Å²) in [5, 5.41) is 20.0. The number of rotatable bonds is 2. The first-order valence-electron chi connectivity index (χ1n) is 8.44. The zero-order valence-electron chi connectivity index (χ0n) is 14.3. The second-order valence-corrected chi connectivity index (χ2v) is 6.18. The summed E-state index contributed by atoms with van der Waals surface area (Å²) in [5.74, 6) is 0. The molecule has 132 valence electrons. The molecular formula is C20H11N7O. The fourth-order valence-electron chi connectivity index (χ4n) is 3.11. The maximum atomic E-state index is 12.3. The van der Waals surface area contributed by atoms with E-state index in [4.69, 9.17) is 0 Å². The fourth-order valence-corrected chi connectivity index (χ4v) is 3.11. The van der Waals surface area contributed by atoms with E-state index in [0.717, 1.165) is 16.6 Å². The lowest BCUT2D eigenvalue weighted by atomic mass is 10.0. The number of hydrogen-bond acceptors (Lipinski definition) is 6. The normalized spacial score (nSPS) is 11.0. The van der Waals surface area contributed by atoms with Gasteiger partial charge < -0.3 is 4.98 Å². The minimum atomic E-state index is -0.220. The molecule has 2 N–H and O–H groups in total. The summed E-state index contributed by atoms with van der Waals surface area (Å²) in [6.07, 6.45) is 1.54. The monoisotopic (exact) mass is 365 g/mol. The van der Waals surface area contributed by atoms with Crippen molar-refractivity contribution in [3.05, 3.63) is 70.5 Å². The van der Waals surface area contributed by atoms with E-state index in [-0.39, 0.29) is 10.9 Å². The zero-order valence-corrected chi connectivity index (χ0v) is 14.3. The van der Waals surface area contributed by atoms with Crippen molar-refractivity contribution >= 4 is 22.2 Å². The highest BCUT2D eigenvalue weighted by Gasteiger charge is 2.16. The molecule has 0 radical (unpaired) electrons. The van der Waals surface area contributed by atoms with Gasteiger partial charge in [0.05, 0.1) is 23.0 Å². The smallest absolute Gasteiger partial charge is 0.209 e. The predicted octanol–water partition coefficient (Wildman–Crippen LogP) is 2.80. The van der Waals surface area contributed by atoms with Crippen molar-refractivity contribution in [1.82, 2.24) is 30.4 Å². The third-order valence-electron chi connectivity index (χ3n) is 4.44. The van der Waals surface area contributed by atoms with Gasteiger partial charge in [0.25, 0.3) is 0 Å². The van der Waals surface area contributed by atoms with Gasteiger partial charge in [-0.2, -0.15) is 20.7 Å².